The van der Waals surface area contributed by atoms with Gasteiger partial charge < -0.3 is 10.6 Å². The third kappa shape index (κ3) is 3.85. The maximum Gasteiger partial charge on any atom is 0.320 e. The lowest BCUT2D eigenvalue weighted by Crippen LogP contribution is -2.43. The van der Waals surface area contributed by atoms with E-state index in [4.69, 9.17) is 0 Å². The number of carbonyl (C=O) groups is 1. The van der Waals surface area contributed by atoms with Crippen molar-refractivity contribution in [3.8, 4) is 5.69 Å². The van der Waals surface area contributed by atoms with Gasteiger partial charge in [0.05, 0.1) is 23.6 Å². The summed E-state index contributed by atoms with van der Waals surface area (Å²) in [6.45, 7) is 5.73. The molecule has 2 N–H and O–H groups in total. The second-order valence-electron chi connectivity index (χ2n) is 6.11. The van der Waals surface area contributed by atoms with Crippen LogP contribution in [0.4, 0.5) is 14.9 Å². The van der Waals surface area contributed by atoms with Crippen LogP contribution in [0.15, 0.2) is 42.9 Å². The Hall–Kier alpha value is -2.74. The molecule has 3 rings (SSSR count). The lowest BCUT2D eigenvalue weighted by Gasteiger charge is -2.23. The molecule has 0 saturated carbocycles. The highest BCUT2D eigenvalue weighted by atomic mass is 32.1. The third-order valence-electron chi connectivity index (χ3n) is 3.52. The van der Waals surface area contributed by atoms with E-state index in [0.29, 0.717) is 11.4 Å². The molecule has 0 unspecified atom stereocenters. The van der Waals surface area contributed by atoms with Gasteiger partial charge in [0, 0.05) is 11.1 Å². The molecule has 1 aromatic carbocycles. The molecule has 6 nitrogen and oxygen atoms in total. The number of aryl methyl sites for hydroxylation is 1. The number of aromatic nitrogens is 3. The summed E-state index contributed by atoms with van der Waals surface area (Å²) in [7, 11) is 0. The molecule has 25 heavy (non-hydrogen) atoms. The van der Waals surface area contributed by atoms with Gasteiger partial charge in [-0.05, 0) is 32.9 Å². The number of urea groups is 1. The van der Waals surface area contributed by atoms with E-state index < -0.39 is 5.54 Å². The van der Waals surface area contributed by atoms with Gasteiger partial charge in [0.25, 0.3) is 0 Å². The first-order valence-electron chi connectivity index (χ1n) is 7.67. The minimum atomic E-state index is -0.607. The van der Waals surface area contributed by atoms with Crippen molar-refractivity contribution in [2.45, 2.75) is 26.3 Å². The maximum absolute atomic E-state index is 13.8. The van der Waals surface area contributed by atoms with Gasteiger partial charge >= 0.3 is 6.03 Å². The molecular weight excluding hydrogens is 341 g/mol. The second-order valence-corrected chi connectivity index (χ2v) is 7.34. The molecule has 2 aromatic heterocycles. The predicted octanol–water partition coefficient (Wildman–Crippen LogP) is 3.83. The summed E-state index contributed by atoms with van der Waals surface area (Å²) in [5.41, 5.74) is 0.172. The molecule has 0 radical (unpaired) electrons. The normalized spacial score (nSPS) is 11.4. The van der Waals surface area contributed by atoms with Gasteiger partial charge in [-0.2, -0.15) is 5.10 Å². The fourth-order valence-corrected chi connectivity index (χ4v) is 3.12. The number of halogens is 1. The van der Waals surface area contributed by atoms with Crippen molar-refractivity contribution >= 4 is 23.1 Å². The second kappa shape index (κ2) is 6.64. The van der Waals surface area contributed by atoms with Crippen molar-refractivity contribution in [2.24, 2.45) is 0 Å². The summed E-state index contributed by atoms with van der Waals surface area (Å²) >= 11 is 1.53. The zero-order valence-electron chi connectivity index (χ0n) is 14.1. The van der Waals surface area contributed by atoms with Crippen LogP contribution in [-0.4, -0.2) is 20.8 Å². The SMILES string of the molecule is Cc1cnc(C(C)(C)NC(=O)Nc2cnn(-c3ccccc3F)c2)s1. The molecule has 3 aromatic rings. The number of benzene rings is 1. The van der Waals surface area contributed by atoms with Crippen molar-refractivity contribution in [1.29, 1.82) is 0 Å². The van der Waals surface area contributed by atoms with E-state index in [1.54, 1.807) is 30.6 Å². The van der Waals surface area contributed by atoms with Crippen molar-refractivity contribution < 1.29 is 9.18 Å². The van der Waals surface area contributed by atoms with E-state index in [2.05, 4.69) is 20.7 Å². The Bertz CT molecular complexity index is 902. The molecule has 0 aliphatic heterocycles. The highest BCUT2D eigenvalue weighted by Crippen LogP contribution is 2.25. The zero-order valence-corrected chi connectivity index (χ0v) is 14.9. The number of rotatable bonds is 4. The van der Waals surface area contributed by atoms with Gasteiger partial charge in [-0.3, -0.25) is 0 Å². The van der Waals surface area contributed by atoms with Crippen LogP contribution in [0.3, 0.4) is 0 Å². The highest BCUT2D eigenvalue weighted by Gasteiger charge is 2.26. The van der Waals surface area contributed by atoms with Crippen molar-refractivity contribution in [3.05, 3.63) is 58.6 Å². The first-order chi connectivity index (χ1) is 11.8. The van der Waals surface area contributed by atoms with Crippen LogP contribution in [-0.2, 0) is 5.54 Å². The molecule has 0 saturated heterocycles. The average molecular weight is 359 g/mol. The Kier molecular flexibility index (Phi) is 4.54. The van der Waals surface area contributed by atoms with E-state index in [1.165, 1.54) is 28.3 Å². The summed E-state index contributed by atoms with van der Waals surface area (Å²) in [5.74, 6) is -0.387. The summed E-state index contributed by atoms with van der Waals surface area (Å²) in [5, 5.41) is 10.5. The fraction of sp³-hybridized carbons (Fsp3) is 0.235. The number of carbonyl (C=O) groups excluding carboxylic acids is 1. The summed E-state index contributed by atoms with van der Waals surface area (Å²) in [6, 6.07) is 5.91. The zero-order chi connectivity index (χ0) is 18.0. The van der Waals surface area contributed by atoms with Crippen LogP contribution in [0.25, 0.3) is 5.69 Å². The van der Waals surface area contributed by atoms with E-state index >= 15 is 0 Å². The molecule has 130 valence electrons. The Morgan fingerprint density at radius 3 is 2.72 bits per heavy atom. The van der Waals surface area contributed by atoms with Gasteiger partial charge in [0.2, 0.25) is 0 Å². The van der Waals surface area contributed by atoms with E-state index in [1.807, 2.05) is 20.8 Å². The lowest BCUT2D eigenvalue weighted by atomic mass is 10.1. The third-order valence-corrected chi connectivity index (χ3v) is 4.76. The Morgan fingerprint density at radius 1 is 1.28 bits per heavy atom. The van der Waals surface area contributed by atoms with Crippen LogP contribution in [0.1, 0.15) is 23.7 Å². The van der Waals surface area contributed by atoms with Gasteiger partial charge in [-0.1, -0.05) is 12.1 Å². The number of nitrogens with zero attached hydrogens (tertiary/aromatic N) is 3. The molecule has 0 aliphatic rings. The van der Waals surface area contributed by atoms with E-state index in [9.17, 15) is 9.18 Å². The number of hydrogen-bond donors (Lipinski definition) is 2. The molecule has 0 spiro atoms. The molecule has 2 heterocycles. The topological polar surface area (TPSA) is 71.8 Å². The van der Waals surface area contributed by atoms with Crippen LogP contribution in [0.5, 0.6) is 0 Å². The predicted molar refractivity (Wildman–Crippen MR) is 95.6 cm³/mol. The van der Waals surface area contributed by atoms with Crippen molar-refractivity contribution in [2.75, 3.05) is 5.32 Å². The molecule has 0 aliphatic carbocycles. The summed E-state index contributed by atoms with van der Waals surface area (Å²) < 4.78 is 15.2. The van der Waals surface area contributed by atoms with E-state index in [0.717, 1.165) is 9.88 Å². The van der Waals surface area contributed by atoms with Crippen LogP contribution < -0.4 is 10.6 Å². The van der Waals surface area contributed by atoms with Gasteiger partial charge in [-0.25, -0.2) is 18.9 Å². The number of anilines is 1. The van der Waals surface area contributed by atoms with Crippen LogP contribution in [0, 0.1) is 12.7 Å². The molecular formula is C17H18FN5OS. The Balaban J connectivity index is 1.69. The molecule has 2 amide bonds. The van der Waals surface area contributed by atoms with Gasteiger partial charge in [0.15, 0.2) is 0 Å². The molecule has 0 fully saturated rings. The smallest absolute Gasteiger partial charge is 0.320 e. The minimum Gasteiger partial charge on any atom is -0.326 e. The summed E-state index contributed by atoms with van der Waals surface area (Å²) in [6.07, 6.45) is 4.80. The first-order valence-corrected chi connectivity index (χ1v) is 8.48. The molecule has 0 bridgehead atoms. The van der Waals surface area contributed by atoms with E-state index in [-0.39, 0.29) is 11.8 Å². The van der Waals surface area contributed by atoms with Crippen molar-refractivity contribution in [3.63, 3.8) is 0 Å². The minimum absolute atomic E-state index is 0.314. The van der Waals surface area contributed by atoms with Gasteiger partial charge in [-0.15, -0.1) is 11.3 Å². The first kappa shape index (κ1) is 17.1. The number of para-hydroxylation sites is 1. The monoisotopic (exact) mass is 359 g/mol. The quantitative estimate of drug-likeness (QED) is 0.743. The Morgan fingerprint density at radius 2 is 2.04 bits per heavy atom. The number of nitrogens with one attached hydrogen (secondary N) is 2. The molecule has 0 atom stereocenters. The average Bonchev–Trinajstić information content (AvgIpc) is 3.16. The number of thiazole rings is 1. The maximum atomic E-state index is 13.8. The van der Waals surface area contributed by atoms with Crippen LogP contribution >= 0.6 is 11.3 Å². The summed E-state index contributed by atoms with van der Waals surface area (Å²) in [4.78, 5) is 17.7. The standard InChI is InChI=1S/C17H18FN5OS/c1-11-8-19-15(25-11)17(2,3)22-16(24)21-12-9-20-23(10-12)14-7-5-4-6-13(14)18/h4-10H,1-3H3,(H2,21,22,24). The van der Waals surface area contributed by atoms with Crippen LogP contribution in [0.2, 0.25) is 0 Å². The molecule has 8 heteroatoms. The largest absolute Gasteiger partial charge is 0.326 e. The fourth-order valence-electron chi connectivity index (χ4n) is 2.30. The Labute approximate surface area is 148 Å². The van der Waals surface area contributed by atoms with Crippen molar-refractivity contribution in [1.82, 2.24) is 20.1 Å². The lowest BCUT2D eigenvalue weighted by molar-refractivity contribution is 0.242. The highest BCUT2D eigenvalue weighted by molar-refractivity contribution is 7.11. The van der Waals surface area contributed by atoms with Gasteiger partial charge in [0.1, 0.15) is 16.5 Å². The number of hydrogen-bond acceptors (Lipinski definition) is 4. The number of amides is 2.